The van der Waals surface area contributed by atoms with E-state index in [4.69, 9.17) is 21.4 Å². The summed E-state index contributed by atoms with van der Waals surface area (Å²) in [7, 11) is 10.5. The minimum atomic E-state index is -0.401. The Hall–Kier alpha value is -1.83. The van der Waals surface area contributed by atoms with Gasteiger partial charge >= 0.3 is 0 Å². The van der Waals surface area contributed by atoms with Gasteiger partial charge in [0.2, 0.25) is 17.7 Å². The van der Waals surface area contributed by atoms with Crippen LogP contribution in [0.1, 0.15) is 0 Å². The van der Waals surface area contributed by atoms with Gasteiger partial charge < -0.3 is 25.6 Å². The Bertz CT molecular complexity index is 395. The van der Waals surface area contributed by atoms with Crippen LogP contribution in [0.5, 0.6) is 0 Å². The van der Waals surface area contributed by atoms with Gasteiger partial charge in [0.1, 0.15) is 6.29 Å². The number of amides is 3. The fraction of sp³-hybridized carbons (Fsp3) is 0.667. The van der Waals surface area contributed by atoms with E-state index in [1.54, 1.807) is 0 Å². The summed E-state index contributed by atoms with van der Waals surface area (Å²) in [5.41, 5.74) is 5.36. The lowest BCUT2D eigenvalue weighted by Crippen LogP contribution is -2.45. The first-order chi connectivity index (χ1) is 10.5. The molecule has 0 aliphatic heterocycles. The topological polar surface area (TPSA) is 113 Å². The number of carbonyl (C=O) groups is 4. The van der Waals surface area contributed by atoms with E-state index in [2.05, 4.69) is 5.32 Å². The maximum absolute atomic E-state index is 11.7. The summed E-state index contributed by atoms with van der Waals surface area (Å²) < 4.78 is 0. The van der Waals surface area contributed by atoms with Crippen LogP contribution in [0.3, 0.4) is 0 Å². The fourth-order valence-corrected chi connectivity index (χ4v) is 1.67. The number of nitrogens with zero attached hydrogens (tertiary/aromatic N) is 2. The Morgan fingerprint density at radius 1 is 1.05 bits per heavy atom. The molecule has 0 aromatic rings. The molecule has 3 N–H and O–H groups in total. The second-order valence-electron chi connectivity index (χ2n) is 4.37. The number of hydrogen-bond acceptors (Lipinski definition) is 5. The fourth-order valence-electron chi connectivity index (χ4n) is 1.67. The van der Waals surface area contributed by atoms with Gasteiger partial charge in [-0.05, 0) is 12.6 Å². The van der Waals surface area contributed by atoms with Crippen molar-refractivity contribution in [2.24, 2.45) is 5.73 Å². The first kappa shape index (κ1) is 20.2. The third-order valence-electron chi connectivity index (χ3n) is 2.79. The Labute approximate surface area is 132 Å². The summed E-state index contributed by atoms with van der Waals surface area (Å²) in [4.78, 5) is 47.6. The molecule has 0 heterocycles. The van der Waals surface area contributed by atoms with Crippen molar-refractivity contribution in [1.82, 2.24) is 15.1 Å². The highest BCUT2D eigenvalue weighted by molar-refractivity contribution is 6.20. The van der Waals surface area contributed by atoms with Crippen LogP contribution in [0.2, 0.25) is 12.6 Å². The number of rotatable bonds is 11. The molecule has 0 unspecified atom stereocenters. The summed E-state index contributed by atoms with van der Waals surface area (Å²) in [6.07, 6.45) is 0.167. The molecule has 0 spiro atoms. The van der Waals surface area contributed by atoms with Crippen molar-refractivity contribution in [3.63, 3.8) is 0 Å². The van der Waals surface area contributed by atoms with Gasteiger partial charge in [0.25, 0.3) is 0 Å². The lowest BCUT2D eigenvalue weighted by atomic mass is 10.0. The minimum absolute atomic E-state index is 0.0864. The molecule has 4 radical (unpaired) electrons. The van der Waals surface area contributed by atoms with Crippen LogP contribution in [-0.2, 0) is 19.2 Å². The molecule has 0 aliphatic carbocycles. The predicted molar refractivity (Wildman–Crippen MR) is 82.4 cm³/mol. The van der Waals surface area contributed by atoms with Crippen LogP contribution in [0.15, 0.2) is 0 Å². The van der Waals surface area contributed by atoms with Crippen LogP contribution < -0.4 is 11.1 Å². The van der Waals surface area contributed by atoms with Gasteiger partial charge in [0.15, 0.2) is 0 Å². The summed E-state index contributed by atoms with van der Waals surface area (Å²) in [5.74, 6) is -1.16. The van der Waals surface area contributed by atoms with Gasteiger partial charge in [0.05, 0.1) is 28.8 Å². The maximum atomic E-state index is 11.7. The lowest BCUT2D eigenvalue weighted by Gasteiger charge is -2.22. The van der Waals surface area contributed by atoms with Crippen molar-refractivity contribution < 1.29 is 19.2 Å². The predicted octanol–water partition coefficient (Wildman–Crippen LogP) is -2.91. The molecule has 0 fully saturated rings. The van der Waals surface area contributed by atoms with Crippen molar-refractivity contribution >= 4 is 39.7 Å². The highest BCUT2D eigenvalue weighted by atomic mass is 16.2. The van der Waals surface area contributed by atoms with Gasteiger partial charge in [0, 0.05) is 26.2 Å². The minimum Gasteiger partial charge on any atom is -0.353 e. The number of nitrogens with two attached hydrogens (primary N) is 1. The highest BCUT2D eigenvalue weighted by Crippen LogP contribution is 1.93. The summed E-state index contributed by atoms with van der Waals surface area (Å²) in [5, 5.41) is 2.55. The molecule has 0 saturated carbocycles. The smallest absolute Gasteiger partial charge is 0.239 e. The van der Waals surface area contributed by atoms with Crippen LogP contribution in [0.25, 0.3) is 0 Å². The van der Waals surface area contributed by atoms with E-state index in [0.717, 1.165) is 0 Å². The van der Waals surface area contributed by atoms with Gasteiger partial charge in [-0.2, -0.15) is 0 Å². The number of carbonyl (C=O) groups excluding carboxylic acids is 4. The molecule has 0 bridgehead atoms. The zero-order chi connectivity index (χ0) is 17.0. The zero-order valence-corrected chi connectivity index (χ0v) is 12.5. The molecule has 0 saturated heterocycles. The van der Waals surface area contributed by atoms with E-state index in [9.17, 15) is 19.2 Å². The standard InChI is InChI=1S/C12H20B2N4O4/c13-7-11(21)17(5-6-19)4-2-16-10(20)9-18(3-1-15)12(22)8-14/h6H,1-5,7-9,15H2,(H,16,20). The van der Waals surface area contributed by atoms with Crippen molar-refractivity contribution in [2.45, 2.75) is 12.6 Å². The first-order valence-corrected chi connectivity index (χ1v) is 6.86. The maximum Gasteiger partial charge on any atom is 0.239 e. The van der Waals surface area contributed by atoms with Crippen molar-refractivity contribution in [1.29, 1.82) is 0 Å². The van der Waals surface area contributed by atoms with Gasteiger partial charge in [-0.25, -0.2) is 0 Å². The molecule has 118 valence electrons. The first-order valence-electron chi connectivity index (χ1n) is 6.86. The third-order valence-corrected chi connectivity index (χ3v) is 2.79. The zero-order valence-electron chi connectivity index (χ0n) is 12.5. The van der Waals surface area contributed by atoms with E-state index in [1.165, 1.54) is 9.80 Å². The summed E-state index contributed by atoms with van der Waals surface area (Å²) in [6.45, 7) is 0.500. The molecule has 0 aromatic carbocycles. The van der Waals surface area contributed by atoms with Crippen LogP contribution >= 0.6 is 0 Å². The Morgan fingerprint density at radius 3 is 2.14 bits per heavy atom. The molecule has 22 heavy (non-hydrogen) atoms. The lowest BCUT2D eigenvalue weighted by molar-refractivity contribution is -0.134. The normalized spacial score (nSPS) is 9.86. The van der Waals surface area contributed by atoms with Crippen LogP contribution in [-0.4, -0.2) is 88.8 Å². The van der Waals surface area contributed by atoms with Crippen molar-refractivity contribution in [3.05, 3.63) is 0 Å². The van der Waals surface area contributed by atoms with Crippen LogP contribution in [0, 0.1) is 0 Å². The van der Waals surface area contributed by atoms with E-state index >= 15 is 0 Å². The largest absolute Gasteiger partial charge is 0.353 e. The molecule has 10 heteroatoms. The van der Waals surface area contributed by atoms with E-state index in [0.29, 0.717) is 6.29 Å². The average molecular weight is 306 g/mol. The Kier molecular flexibility index (Phi) is 10.8. The van der Waals surface area contributed by atoms with Crippen LogP contribution in [0.4, 0.5) is 0 Å². The van der Waals surface area contributed by atoms with Crippen molar-refractivity contribution in [2.75, 3.05) is 39.3 Å². The average Bonchev–Trinajstić information content (AvgIpc) is 2.52. The summed E-state index contributed by atoms with van der Waals surface area (Å²) >= 11 is 0. The SMILES string of the molecule is [B]CC(=O)N(CC=O)CCNC(=O)CN(CCN)C(=O)C[B]. The summed E-state index contributed by atoms with van der Waals surface area (Å²) in [6, 6.07) is 0. The van der Waals surface area contributed by atoms with Gasteiger partial charge in [-0.3, -0.25) is 14.4 Å². The molecule has 0 aliphatic rings. The van der Waals surface area contributed by atoms with Crippen molar-refractivity contribution in [3.8, 4) is 0 Å². The number of hydrogen-bond donors (Lipinski definition) is 2. The quantitative estimate of drug-likeness (QED) is 0.314. The highest BCUT2D eigenvalue weighted by Gasteiger charge is 2.15. The van der Waals surface area contributed by atoms with E-state index in [-0.39, 0.29) is 63.7 Å². The van der Waals surface area contributed by atoms with Gasteiger partial charge in [-0.15, -0.1) is 0 Å². The number of nitrogens with one attached hydrogen (secondary N) is 1. The Morgan fingerprint density at radius 2 is 1.64 bits per heavy atom. The Balaban J connectivity index is 4.27. The molecular formula is C12H20B2N4O4. The molecule has 3 amide bonds. The monoisotopic (exact) mass is 306 g/mol. The second-order valence-corrected chi connectivity index (χ2v) is 4.37. The molecule has 0 aromatic heterocycles. The van der Waals surface area contributed by atoms with E-state index < -0.39 is 5.91 Å². The molecule has 8 nitrogen and oxygen atoms in total. The third kappa shape index (κ3) is 7.82. The second kappa shape index (κ2) is 11.8. The number of aldehydes is 1. The molecule has 0 atom stereocenters. The molecular weight excluding hydrogens is 286 g/mol. The van der Waals surface area contributed by atoms with Gasteiger partial charge in [-0.1, -0.05) is 0 Å². The molecule has 0 rings (SSSR count). The van der Waals surface area contributed by atoms with E-state index in [1.807, 2.05) is 0 Å².